The monoisotopic (exact) mass is 230 g/mol. The second-order valence-electron chi connectivity index (χ2n) is 4.44. The molecule has 0 aromatic rings. The van der Waals surface area contributed by atoms with Crippen molar-refractivity contribution in [2.75, 3.05) is 13.1 Å². The van der Waals surface area contributed by atoms with E-state index in [4.69, 9.17) is 5.11 Å². The molecule has 0 spiro atoms. The summed E-state index contributed by atoms with van der Waals surface area (Å²) < 4.78 is 0. The zero-order valence-electron chi connectivity index (χ0n) is 9.32. The Bertz CT molecular complexity index is 274. The highest BCUT2D eigenvalue weighted by atomic mass is 16.4. The Hall–Kier alpha value is -1.30. The lowest BCUT2D eigenvalue weighted by Gasteiger charge is -2.25. The maximum Gasteiger partial charge on any atom is 0.337 e. The van der Waals surface area contributed by atoms with Gasteiger partial charge in [-0.2, -0.15) is 0 Å². The summed E-state index contributed by atoms with van der Waals surface area (Å²) in [7, 11) is 0. The second kappa shape index (κ2) is 5.16. The van der Waals surface area contributed by atoms with Crippen LogP contribution in [0.25, 0.3) is 0 Å². The molecule has 1 fully saturated rings. The Morgan fingerprint density at radius 3 is 2.44 bits per heavy atom. The van der Waals surface area contributed by atoms with E-state index in [1.165, 1.54) is 6.42 Å². The third kappa shape index (κ3) is 3.69. The first kappa shape index (κ1) is 12.8. The molecule has 16 heavy (non-hydrogen) atoms. The van der Waals surface area contributed by atoms with Crippen LogP contribution < -0.4 is 10.6 Å². The van der Waals surface area contributed by atoms with Crippen molar-refractivity contribution >= 4 is 12.0 Å². The zero-order valence-corrected chi connectivity index (χ0v) is 9.32. The summed E-state index contributed by atoms with van der Waals surface area (Å²) >= 11 is 0. The van der Waals surface area contributed by atoms with E-state index < -0.39 is 17.6 Å². The molecule has 1 atom stereocenters. The SMILES string of the molecule is CC(O)(CNC(=O)NCC1CCC1)C(=O)O. The number of rotatable bonds is 5. The minimum Gasteiger partial charge on any atom is -0.479 e. The van der Waals surface area contributed by atoms with Crippen LogP contribution in [0.15, 0.2) is 0 Å². The van der Waals surface area contributed by atoms with Crippen LogP contribution in [-0.4, -0.2) is 40.9 Å². The first-order valence-electron chi connectivity index (χ1n) is 5.39. The lowest BCUT2D eigenvalue weighted by Crippen LogP contribution is -2.49. The molecule has 1 rings (SSSR count). The summed E-state index contributed by atoms with van der Waals surface area (Å²) in [5.74, 6) is -0.808. The lowest BCUT2D eigenvalue weighted by molar-refractivity contribution is -0.155. The van der Waals surface area contributed by atoms with E-state index >= 15 is 0 Å². The van der Waals surface area contributed by atoms with Gasteiger partial charge in [-0.25, -0.2) is 9.59 Å². The fraction of sp³-hybridized carbons (Fsp3) is 0.800. The van der Waals surface area contributed by atoms with Gasteiger partial charge in [-0.05, 0) is 25.7 Å². The third-order valence-electron chi connectivity index (χ3n) is 2.83. The van der Waals surface area contributed by atoms with E-state index in [1.54, 1.807) is 0 Å². The van der Waals surface area contributed by atoms with Gasteiger partial charge in [0.05, 0.1) is 6.54 Å². The van der Waals surface area contributed by atoms with Crippen LogP contribution in [0.4, 0.5) is 4.79 Å². The number of hydrogen-bond donors (Lipinski definition) is 4. The van der Waals surface area contributed by atoms with Crippen LogP contribution in [0.2, 0.25) is 0 Å². The standard InChI is InChI=1S/C10H18N2O4/c1-10(16,8(13)14)6-12-9(15)11-5-7-3-2-4-7/h7,16H,2-6H2,1H3,(H,13,14)(H2,11,12,15). The molecule has 4 N–H and O–H groups in total. The summed E-state index contributed by atoms with van der Waals surface area (Å²) in [5, 5.41) is 22.9. The fourth-order valence-electron chi connectivity index (χ4n) is 1.32. The topological polar surface area (TPSA) is 98.7 Å². The van der Waals surface area contributed by atoms with Gasteiger partial charge in [0, 0.05) is 6.54 Å². The molecule has 0 heterocycles. The van der Waals surface area contributed by atoms with E-state index in [1.807, 2.05) is 0 Å². The van der Waals surface area contributed by atoms with Crippen molar-refractivity contribution in [3.05, 3.63) is 0 Å². The van der Waals surface area contributed by atoms with Crippen molar-refractivity contribution in [2.24, 2.45) is 5.92 Å². The highest BCUT2D eigenvalue weighted by molar-refractivity contribution is 5.79. The molecule has 0 saturated heterocycles. The van der Waals surface area contributed by atoms with Crippen LogP contribution in [0.1, 0.15) is 26.2 Å². The molecule has 0 aromatic carbocycles. The van der Waals surface area contributed by atoms with Crippen LogP contribution in [0, 0.1) is 5.92 Å². The quantitative estimate of drug-likeness (QED) is 0.531. The highest BCUT2D eigenvalue weighted by Crippen LogP contribution is 2.24. The number of aliphatic carboxylic acids is 1. The predicted molar refractivity (Wildman–Crippen MR) is 57.0 cm³/mol. The van der Waals surface area contributed by atoms with Crippen molar-refractivity contribution in [1.82, 2.24) is 10.6 Å². The Labute approximate surface area is 94.0 Å². The van der Waals surface area contributed by atoms with Gasteiger partial charge >= 0.3 is 12.0 Å². The molecule has 0 bridgehead atoms. The number of nitrogens with one attached hydrogen (secondary N) is 2. The zero-order chi connectivity index (χ0) is 12.2. The van der Waals surface area contributed by atoms with Gasteiger partial charge < -0.3 is 20.8 Å². The van der Waals surface area contributed by atoms with Crippen molar-refractivity contribution in [3.8, 4) is 0 Å². The first-order chi connectivity index (χ1) is 7.42. The van der Waals surface area contributed by atoms with Crippen molar-refractivity contribution in [3.63, 3.8) is 0 Å². The molecule has 0 radical (unpaired) electrons. The number of carboxylic acid groups (broad SMARTS) is 1. The van der Waals surface area contributed by atoms with E-state index in [0.29, 0.717) is 12.5 Å². The smallest absolute Gasteiger partial charge is 0.337 e. The van der Waals surface area contributed by atoms with E-state index in [-0.39, 0.29) is 6.54 Å². The summed E-state index contributed by atoms with van der Waals surface area (Å²) in [6.45, 7) is 1.45. The average Bonchev–Trinajstić information content (AvgIpc) is 2.12. The highest BCUT2D eigenvalue weighted by Gasteiger charge is 2.30. The van der Waals surface area contributed by atoms with Crippen LogP contribution >= 0.6 is 0 Å². The molecule has 6 nitrogen and oxygen atoms in total. The van der Waals surface area contributed by atoms with Gasteiger partial charge in [0.25, 0.3) is 0 Å². The first-order valence-corrected chi connectivity index (χ1v) is 5.39. The number of carboxylic acids is 1. The summed E-state index contributed by atoms with van der Waals surface area (Å²) in [6, 6.07) is -0.437. The molecule has 92 valence electrons. The van der Waals surface area contributed by atoms with Gasteiger partial charge in [-0.3, -0.25) is 0 Å². The number of amides is 2. The largest absolute Gasteiger partial charge is 0.479 e. The minimum atomic E-state index is -1.92. The van der Waals surface area contributed by atoms with Gasteiger partial charge in [0.1, 0.15) is 0 Å². The van der Waals surface area contributed by atoms with Gasteiger partial charge in [-0.1, -0.05) is 6.42 Å². The lowest BCUT2D eigenvalue weighted by atomic mass is 9.85. The Morgan fingerprint density at radius 2 is 2.00 bits per heavy atom. The molecule has 1 unspecified atom stereocenters. The maximum absolute atomic E-state index is 11.2. The van der Waals surface area contributed by atoms with Crippen LogP contribution in [0.5, 0.6) is 0 Å². The molecule has 2 amide bonds. The molecule has 1 aliphatic rings. The van der Waals surface area contributed by atoms with Crippen molar-refractivity contribution in [2.45, 2.75) is 31.8 Å². The van der Waals surface area contributed by atoms with Gasteiger partial charge in [-0.15, -0.1) is 0 Å². The number of urea groups is 1. The summed E-state index contributed by atoms with van der Waals surface area (Å²) in [5.41, 5.74) is -1.92. The normalized spacial score (nSPS) is 19.4. The fourth-order valence-corrected chi connectivity index (χ4v) is 1.32. The summed E-state index contributed by atoms with van der Waals surface area (Å²) in [6.07, 6.45) is 3.47. The number of hydrogen-bond acceptors (Lipinski definition) is 3. The number of aliphatic hydroxyl groups is 1. The second-order valence-corrected chi connectivity index (χ2v) is 4.44. The molecule has 6 heteroatoms. The van der Waals surface area contributed by atoms with Crippen LogP contribution in [0.3, 0.4) is 0 Å². The molecular weight excluding hydrogens is 212 g/mol. The molecular formula is C10H18N2O4. The third-order valence-corrected chi connectivity index (χ3v) is 2.83. The summed E-state index contributed by atoms with van der Waals surface area (Å²) in [4.78, 5) is 21.8. The average molecular weight is 230 g/mol. The minimum absolute atomic E-state index is 0.307. The van der Waals surface area contributed by atoms with E-state index in [9.17, 15) is 14.7 Å². The number of carbonyl (C=O) groups excluding carboxylic acids is 1. The van der Waals surface area contributed by atoms with Crippen molar-refractivity contribution in [1.29, 1.82) is 0 Å². The Morgan fingerprint density at radius 1 is 1.38 bits per heavy atom. The predicted octanol–water partition coefficient (Wildman–Crippen LogP) is -0.0787. The molecule has 1 aliphatic carbocycles. The Balaban J connectivity index is 2.16. The number of carbonyl (C=O) groups is 2. The maximum atomic E-state index is 11.2. The van der Waals surface area contributed by atoms with Crippen molar-refractivity contribution < 1.29 is 19.8 Å². The van der Waals surface area contributed by atoms with E-state index in [0.717, 1.165) is 19.8 Å². The van der Waals surface area contributed by atoms with Gasteiger partial charge in [0.15, 0.2) is 5.60 Å². The van der Waals surface area contributed by atoms with E-state index in [2.05, 4.69) is 10.6 Å². The van der Waals surface area contributed by atoms with Gasteiger partial charge in [0.2, 0.25) is 0 Å². The molecule has 0 aromatic heterocycles. The molecule has 1 saturated carbocycles. The Kier molecular flexibility index (Phi) is 4.12. The van der Waals surface area contributed by atoms with Crippen LogP contribution in [-0.2, 0) is 4.79 Å². The molecule has 0 aliphatic heterocycles.